The van der Waals surface area contributed by atoms with Gasteiger partial charge < -0.3 is 20.1 Å². The second kappa shape index (κ2) is 9.44. The maximum Gasteiger partial charge on any atom is 0.256 e. The number of benzene rings is 2. The number of thiophene rings is 1. The van der Waals surface area contributed by atoms with Crippen LogP contribution in [0.5, 0.6) is 11.5 Å². The molecular weight excluding hydrogens is 477 g/mol. The minimum absolute atomic E-state index is 0.00356. The third-order valence-corrected chi connectivity index (χ3v) is 7.72. The summed E-state index contributed by atoms with van der Waals surface area (Å²) in [6.45, 7) is 5.23. The van der Waals surface area contributed by atoms with Crippen molar-refractivity contribution in [3.05, 3.63) is 74.4 Å². The summed E-state index contributed by atoms with van der Waals surface area (Å²) in [7, 11) is 1.59. The first-order valence-corrected chi connectivity index (χ1v) is 12.3. The van der Waals surface area contributed by atoms with Crippen molar-refractivity contribution in [2.45, 2.75) is 32.7 Å². The number of nitrogens with zero attached hydrogens (tertiary/aromatic N) is 1. The van der Waals surface area contributed by atoms with E-state index in [1.165, 1.54) is 28.6 Å². The summed E-state index contributed by atoms with van der Waals surface area (Å²) in [4.78, 5) is 16.7. The number of ether oxygens (including phenoxy) is 2. The van der Waals surface area contributed by atoms with Crippen LogP contribution in [-0.2, 0) is 19.6 Å². The number of anilines is 1. The van der Waals surface area contributed by atoms with Gasteiger partial charge in [-0.05, 0) is 48.4 Å². The number of carbonyl (C=O) groups is 1. The molecule has 0 radical (unpaired) electrons. The van der Waals surface area contributed by atoms with E-state index in [0.29, 0.717) is 11.5 Å². The zero-order valence-electron chi connectivity index (χ0n) is 18.9. The van der Waals surface area contributed by atoms with Gasteiger partial charge >= 0.3 is 0 Å². The highest BCUT2D eigenvalue weighted by Gasteiger charge is 2.33. The number of carbonyl (C=O) groups excluding carboxylic acids is 1. The fraction of sp³-hybridized carbons (Fsp3) is 0.320. The van der Waals surface area contributed by atoms with Gasteiger partial charge in [0.2, 0.25) is 0 Å². The van der Waals surface area contributed by atoms with Gasteiger partial charge in [0.05, 0.1) is 17.7 Å². The smallest absolute Gasteiger partial charge is 0.256 e. The van der Waals surface area contributed by atoms with Crippen LogP contribution < -0.4 is 20.1 Å². The minimum Gasteiger partial charge on any atom is -0.496 e. The van der Waals surface area contributed by atoms with Crippen LogP contribution in [0.1, 0.15) is 45.0 Å². The average Bonchev–Trinajstić information content (AvgIpc) is 3.22. The highest BCUT2D eigenvalue weighted by Crippen LogP contribution is 2.41. The van der Waals surface area contributed by atoms with E-state index in [0.717, 1.165) is 47.7 Å². The molecule has 34 heavy (non-hydrogen) atoms. The third-order valence-electron chi connectivity index (χ3n) is 6.28. The number of amides is 1. The molecule has 0 saturated carbocycles. The molecule has 178 valence electrons. The van der Waals surface area contributed by atoms with Crippen LogP contribution in [0.25, 0.3) is 0 Å². The second-order valence-electron chi connectivity index (χ2n) is 8.31. The average molecular weight is 502 g/mol. The molecule has 2 aromatic carbocycles. The van der Waals surface area contributed by atoms with E-state index in [-0.39, 0.29) is 23.7 Å². The fourth-order valence-electron chi connectivity index (χ4n) is 4.42. The number of fused-ring (bicyclic) bond motifs is 3. The van der Waals surface area contributed by atoms with Gasteiger partial charge in [0.25, 0.3) is 5.91 Å². The van der Waals surface area contributed by atoms with E-state index in [1.807, 2.05) is 18.2 Å². The Morgan fingerprint density at radius 2 is 2.09 bits per heavy atom. The molecule has 5 rings (SSSR count). The molecule has 0 saturated heterocycles. The maximum absolute atomic E-state index is 13.4. The number of nitrogens with one attached hydrogen (secondary N) is 2. The lowest BCUT2D eigenvalue weighted by Gasteiger charge is -2.28. The lowest BCUT2D eigenvalue weighted by atomic mass is 10.00. The Kier molecular flexibility index (Phi) is 6.38. The highest BCUT2D eigenvalue weighted by atomic mass is 35.5. The van der Waals surface area contributed by atoms with Crippen LogP contribution in [0, 0.1) is 5.82 Å². The van der Waals surface area contributed by atoms with Crippen molar-refractivity contribution < 1.29 is 18.7 Å². The molecule has 3 heterocycles. The summed E-state index contributed by atoms with van der Waals surface area (Å²) < 4.78 is 24.8. The second-order valence-corrected chi connectivity index (χ2v) is 9.83. The van der Waals surface area contributed by atoms with Gasteiger partial charge in [-0.1, -0.05) is 24.6 Å². The Bertz CT molecular complexity index is 1250. The number of hydrogen-bond donors (Lipinski definition) is 2. The topological polar surface area (TPSA) is 62.8 Å². The summed E-state index contributed by atoms with van der Waals surface area (Å²) in [5.41, 5.74) is 3.65. The van der Waals surface area contributed by atoms with Crippen molar-refractivity contribution in [2.75, 3.05) is 25.5 Å². The van der Waals surface area contributed by atoms with Gasteiger partial charge in [-0.2, -0.15) is 0 Å². The summed E-state index contributed by atoms with van der Waals surface area (Å²) in [6, 6.07) is 9.96. The molecule has 1 aromatic heterocycles. The van der Waals surface area contributed by atoms with Crippen molar-refractivity contribution in [3.8, 4) is 11.5 Å². The van der Waals surface area contributed by atoms with Crippen molar-refractivity contribution >= 4 is 33.8 Å². The molecule has 9 heteroatoms. The van der Waals surface area contributed by atoms with Crippen LogP contribution in [0.15, 0.2) is 36.4 Å². The molecule has 6 nitrogen and oxygen atoms in total. The number of methoxy groups -OCH3 is 1. The summed E-state index contributed by atoms with van der Waals surface area (Å²) >= 11 is 7.53. The standard InChI is InChI=1S/C25H25ClFN3O3S/c1-3-30-9-8-17-21(12-30)34-25-22(17)24(31)28-23(29-25)14-4-7-20(32-2)15(10-14)13-33-16-5-6-19(27)18(26)11-16/h4-7,10-11,23,29H,3,8-9,12-13H2,1-2H3,(H,28,31). The molecule has 2 aliphatic heterocycles. The lowest BCUT2D eigenvalue weighted by molar-refractivity contribution is 0.0934. The minimum atomic E-state index is -0.496. The summed E-state index contributed by atoms with van der Waals surface area (Å²) in [6.07, 6.45) is 0.527. The van der Waals surface area contributed by atoms with Gasteiger partial charge in [-0.25, -0.2) is 4.39 Å². The lowest BCUT2D eigenvalue weighted by Crippen LogP contribution is -2.39. The summed E-state index contributed by atoms with van der Waals surface area (Å²) in [5, 5.41) is 7.54. The molecule has 3 aromatic rings. The van der Waals surface area contributed by atoms with Gasteiger partial charge in [-0.3, -0.25) is 9.69 Å². The van der Waals surface area contributed by atoms with E-state index in [9.17, 15) is 9.18 Å². The molecule has 0 aliphatic carbocycles. The Labute approximate surface area is 206 Å². The first-order chi connectivity index (χ1) is 16.5. The van der Waals surface area contributed by atoms with Crippen LogP contribution in [0.2, 0.25) is 5.02 Å². The zero-order valence-corrected chi connectivity index (χ0v) is 20.5. The van der Waals surface area contributed by atoms with E-state index >= 15 is 0 Å². The van der Waals surface area contributed by atoms with Crippen LogP contribution in [0.4, 0.5) is 9.39 Å². The molecule has 1 atom stereocenters. The Hall–Kier alpha value is -2.81. The highest BCUT2D eigenvalue weighted by molar-refractivity contribution is 7.16. The first kappa shape index (κ1) is 23.0. The summed E-state index contributed by atoms with van der Waals surface area (Å²) in [5.74, 6) is 0.574. The van der Waals surface area contributed by atoms with Crippen molar-refractivity contribution in [3.63, 3.8) is 0 Å². The molecule has 0 fully saturated rings. The number of rotatable bonds is 6. The molecule has 2 N–H and O–H groups in total. The quantitative estimate of drug-likeness (QED) is 0.476. The fourth-order valence-corrected chi connectivity index (χ4v) is 5.91. The van der Waals surface area contributed by atoms with E-state index in [4.69, 9.17) is 21.1 Å². The molecule has 2 aliphatic rings. The number of likely N-dealkylation sites (N-methyl/N-ethyl adjacent to an activating group) is 1. The normalized spacial score (nSPS) is 17.4. The SMILES string of the molecule is CCN1CCc2c(sc3c2C(=O)NC(c2ccc(OC)c(COc4ccc(F)c(Cl)c4)c2)N3)C1. The largest absolute Gasteiger partial charge is 0.496 e. The van der Waals surface area contributed by atoms with Crippen LogP contribution in [-0.4, -0.2) is 31.0 Å². The Balaban J connectivity index is 1.37. The third kappa shape index (κ3) is 4.33. The van der Waals surface area contributed by atoms with E-state index in [1.54, 1.807) is 18.4 Å². The van der Waals surface area contributed by atoms with E-state index in [2.05, 4.69) is 22.5 Å². The molecular formula is C25H25ClFN3O3S. The number of hydrogen-bond acceptors (Lipinski definition) is 6. The Morgan fingerprint density at radius 1 is 1.24 bits per heavy atom. The first-order valence-electron chi connectivity index (χ1n) is 11.2. The predicted octanol–water partition coefficient (Wildman–Crippen LogP) is 5.36. The van der Waals surface area contributed by atoms with Gasteiger partial charge in [0, 0.05) is 29.6 Å². The van der Waals surface area contributed by atoms with Crippen molar-refractivity contribution in [1.82, 2.24) is 10.2 Å². The molecule has 1 unspecified atom stereocenters. The molecule has 0 spiro atoms. The van der Waals surface area contributed by atoms with Gasteiger partial charge in [-0.15, -0.1) is 11.3 Å². The zero-order chi connectivity index (χ0) is 23.8. The molecule has 1 amide bonds. The maximum atomic E-state index is 13.4. The number of halogens is 2. The van der Waals surface area contributed by atoms with Crippen molar-refractivity contribution in [2.24, 2.45) is 0 Å². The van der Waals surface area contributed by atoms with Gasteiger partial charge in [0.1, 0.15) is 35.1 Å². The molecule has 0 bridgehead atoms. The van der Waals surface area contributed by atoms with Crippen LogP contribution in [0.3, 0.4) is 0 Å². The van der Waals surface area contributed by atoms with Crippen molar-refractivity contribution in [1.29, 1.82) is 0 Å². The van der Waals surface area contributed by atoms with E-state index < -0.39 is 5.82 Å². The van der Waals surface area contributed by atoms with Crippen LogP contribution >= 0.6 is 22.9 Å². The van der Waals surface area contributed by atoms with Gasteiger partial charge in [0.15, 0.2) is 0 Å². The monoisotopic (exact) mass is 501 g/mol. The predicted molar refractivity (Wildman–Crippen MR) is 132 cm³/mol. The Morgan fingerprint density at radius 3 is 2.85 bits per heavy atom.